The second-order valence-electron chi connectivity index (χ2n) is 4.85. The van der Waals surface area contributed by atoms with Crippen LogP contribution in [0.4, 0.5) is 0 Å². The molecule has 126 valence electrons. The minimum atomic E-state index is -4.41. The number of aromatic carboxylic acids is 1. The molecule has 0 aliphatic heterocycles. The second kappa shape index (κ2) is 6.91. The van der Waals surface area contributed by atoms with E-state index in [1.54, 1.807) is 0 Å². The number of aryl methyl sites for hydroxylation is 1. The molecular formula is C16H15NO6S. The van der Waals surface area contributed by atoms with Gasteiger partial charge in [-0.05, 0) is 12.1 Å². The number of aromatic nitrogens is 1. The minimum Gasteiger partial charge on any atom is -0.726 e. The van der Waals surface area contributed by atoms with E-state index in [0.29, 0.717) is 5.56 Å². The third kappa shape index (κ3) is 3.67. The van der Waals surface area contributed by atoms with Crippen molar-refractivity contribution in [2.24, 2.45) is 7.05 Å². The van der Waals surface area contributed by atoms with Crippen LogP contribution in [-0.2, 0) is 21.6 Å². The van der Waals surface area contributed by atoms with Crippen LogP contribution in [0, 0.1) is 0 Å². The highest BCUT2D eigenvalue weighted by Crippen LogP contribution is 2.24. The van der Waals surface area contributed by atoms with E-state index in [1.807, 2.05) is 60.1 Å². The van der Waals surface area contributed by atoms with Crippen molar-refractivity contribution >= 4 is 38.2 Å². The lowest BCUT2D eigenvalue weighted by atomic mass is 10.0. The first kappa shape index (κ1) is 17.8. The van der Waals surface area contributed by atoms with Gasteiger partial charge in [-0.2, -0.15) is 4.57 Å². The standard InChI is InChI=1S/C15H11NO2.CH4O4S/c1-16-12-8-4-2-6-10(12)14(15(17)18)11-7-3-5-9-13(11)16;1-5-6(2,3)4/h2-9H,1H3;1H3,(H,2,3,4). The Labute approximate surface area is 138 Å². The summed E-state index contributed by atoms with van der Waals surface area (Å²) in [5.41, 5.74) is 2.22. The summed E-state index contributed by atoms with van der Waals surface area (Å²) < 4.78 is 33.0. The van der Waals surface area contributed by atoms with Crippen LogP contribution in [0.25, 0.3) is 21.8 Å². The number of pyridine rings is 1. The molecule has 1 heterocycles. The van der Waals surface area contributed by atoms with E-state index >= 15 is 0 Å². The molecule has 0 fully saturated rings. The zero-order chi connectivity index (χ0) is 17.9. The largest absolute Gasteiger partial charge is 0.726 e. The van der Waals surface area contributed by atoms with Crippen molar-refractivity contribution in [3.63, 3.8) is 0 Å². The maximum Gasteiger partial charge on any atom is 0.337 e. The maximum absolute atomic E-state index is 11.5. The van der Waals surface area contributed by atoms with Crippen molar-refractivity contribution in [2.45, 2.75) is 0 Å². The van der Waals surface area contributed by atoms with Crippen LogP contribution < -0.4 is 4.57 Å². The monoisotopic (exact) mass is 349 g/mol. The van der Waals surface area contributed by atoms with Crippen molar-refractivity contribution in [3.8, 4) is 0 Å². The predicted molar refractivity (Wildman–Crippen MR) is 86.3 cm³/mol. The first-order valence-electron chi connectivity index (χ1n) is 6.80. The van der Waals surface area contributed by atoms with E-state index in [4.69, 9.17) is 0 Å². The van der Waals surface area contributed by atoms with Gasteiger partial charge in [-0.1, -0.05) is 24.3 Å². The zero-order valence-corrected chi connectivity index (χ0v) is 13.8. The number of hydrogen-bond donors (Lipinski definition) is 1. The molecule has 0 bridgehead atoms. The van der Waals surface area contributed by atoms with E-state index in [9.17, 15) is 22.9 Å². The predicted octanol–water partition coefficient (Wildman–Crippen LogP) is 1.61. The Morgan fingerprint density at radius 1 is 1.04 bits per heavy atom. The number of nitrogens with zero attached hydrogens (tertiary/aromatic N) is 1. The molecule has 3 aromatic rings. The van der Waals surface area contributed by atoms with Crippen molar-refractivity contribution in [2.75, 3.05) is 7.11 Å². The smallest absolute Gasteiger partial charge is 0.337 e. The molecule has 0 atom stereocenters. The van der Waals surface area contributed by atoms with Gasteiger partial charge in [0.15, 0.2) is 0 Å². The van der Waals surface area contributed by atoms with Gasteiger partial charge in [-0.15, -0.1) is 0 Å². The van der Waals surface area contributed by atoms with Crippen LogP contribution in [-0.4, -0.2) is 31.2 Å². The van der Waals surface area contributed by atoms with Crippen molar-refractivity contribution in [1.29, 1.82) is 0 Å². The molecule has 1 aromatic heterocycles. The molecule has 2 aromatic carbocycles. The zero-order valence-electron chi connectivity index (χ0n) is 13.0. The lowest BCUT2D eigenvalue weighted by Gasteiger charge is -2.06. The molecule has 1 N–H and O–H groups in total. The van der Waals surface area contributed by atoms with E-state index in [-0.39, 0.29) is 0 Å². The van der Waals surface area contributed by atoms with Crippen molar-refractivity contribution in [3.05, 3.63) is 54.1 Å². The number of carboxylic acids is 1. The van der Waals surface area contributed by atoms with Crippen LogP contribution in [0.3, 0.4) is 0 Å². The number of carbonyl (C=O) groups is 1. The summed E-state index contributed by atoms with van der Waals surface area (Å²) >= 11 is 0. The summed E-state index contributed by atoms with van der Waals surface area (Å²) in [6.45, 7) is 0. The summed E-state index contributed by atoms with van der Waals surface area (Å²) in [6, 6.07) is 15.2. The fourth-order valence-electron chi connectivity index (χ4n) is 2.46. The lowest BCUT2D eigenvalue weighted by molar-refractivity contribution is -0.617. The molecule has 7 nitrogen and oxygen atoms in total. The molecule has 0 saturated carbocycles. The molecule has 0 spiro atoms. The van der Waals surface area contributed by atoms with Gasteiger partial charge < -0.3 is 9.66 Å². The molecule has 0 aliphatic rings. The number of carboxylic acid groups (broad SMARTS) is 1. The number of benzene rings is 2. The Balaban J connectivity index is 0.000000301. The van der Waals surface area contributed by atoms with Crippen molar-refractivity contribution < 1.29 is 31.6 Å². The van der Waals surface area contributed by atoms with Gasteiger partial charge in [0.1, 0.15) is 7.05 Å². The molecule has 0 saturated heterocycles. The average Bonchev–Trinajstić information content (AvgIpc) is 2.55. The fourth-order valence-corrected chi connectivity index (χ4v) is 2.46. The van der Waals surface area contributed by atoms with Crippen LogP contribution in [0.1, 0.15) is 10.4 Å². The Kier molecular flexibility index (Phi) is 5.13. The molecular weight excluding hydrogens is 334 g/mol. The third-order valence-electron chi connectivity index (χ3n) is 3.49. The first-order chi connectivity index (χ1) is 11.3. The average molecular weight is 349 g/mol. The van der Waals surface area contributed by atoms with Gasteiger partial charge in [0.05, 0.1) is 23.4 Å². The maximum atomic E-state index is 11.5. The van der Waals surface area contributed by atoms with E-state index in [1.165, 1.54) is 0 Å². The van der Waals surface area contributed by atoms with E-state index < -0.39 is 16.4 Å². The van der Waals surface area contributed by atoms with E-state index in [0.717, 1.165) is 28.9 Å². The Morgan fingerprint density at radius 2 is 1.42 bits per heavy atom. The van der Waals surface area contributed by atoms with Crippen molar-refractivity contribution in [1.82, 2.24) is 0 Å². The highest BCUT2D eigenvalue weighted by atomic mass is 32.3. The van der Waals surface area contributed by atoms with Gasteiger partial charge in [-0.3, -0.25) is 4.18 Å². The minimum absolute atomic E-state index is 0.374. The quantitative estimate of drug-likeness (QED) is 0.326. The SMILES string of the molecule is COS(=O)(=O)[O-].C[n+]1c2ccccc2c(C(=O)O)c2ccccc21. The summed E-state index contributed by atoms with van der Waals surface area (Å²) in [4.78, 5) is 11.5. The summed E-state index contributed by atoms with van der Waals surface area (Å²) in [7, 11) is -1.65. The van der Waals surface area contributed by atoms with E-state index in [2.05, 4.69) is 4.18 Å². The summed E-state index contributed by atoms with van der Waals surface area (Å²) in [6.07, 6.45) is 0. The Bertz CT molecular complexity index is 957. The Morgan fingerprint density at radius 3 is 1.75 bits per heavy atom. The molecule has 0 unspecified atom stereocenters. The molecule has 3 rings (SSSR count). The van der Waals surface area contributed by atoms with Crippen LogP contribution in [0.5, 0.6) is 0 Å². The van der Waals surface area contributed by atoms with Crippen LogP contribution in [0.2, 0.25) is 0 Å². The van der Waals surface area contributed by atoms with Gasteiger partial charge in [-0.25, -0.2) is 13.2 Å². The topological polar surface area (TPSA) is 108 Å². The fraction of sp³-hybridized carbons (Fsp3) is 0.125. The molecule has 0 radical (unpaired) electrons. The second-order valence-corrected chi connectivity index (χ2v) is 6.00. The normalized spacial score (nSPS) is 11.1. The highest BCUT2D eigenvalue weighted by molar-refractivity contribution is 7.80. The molecule has 24 heavy (non-hydrogen) atoms. The van der Waals surface area contributed by atoms with Gasteiger partial charge in [0, 0.05) is 12.1 Å². The Hall–Kier alpha value is -2.55. The van der Waals surface area contributed by atoms with Gasteiger partial charge >= 0.3 is 5.97 Å². The molecule has 0 aliphatic carbocycles. The third-order valence-corrected chi connectivity index (χ3v) is 3.90. The number of para-hydroxylation sites is 2. The summed E-state index contributed by atoms with van der Waals surface area (Å²) in [5.74, 6) is -0.886. The van der Waals surface area contributed by atoms with Gasteiger partial charge in [0.2, 0.25) is 21.4 Å². The highest BCUT2D eigenvalue weighted by Gasteiger charge is 2.20. The lowest BCUT2D eigenvalue weighted by Crippen LogP contribution is -2.31. The first-order valence-corrected chi connectivity index (χ1v) is 8.14. The molecule has 0 amide bonds. The molecule has 8 heteroatoms. The van der Waals surface area contributed by atoms with Crippen LogP contribution >= 0.6 is 0 Å². The van der Waals surface area contributed by atoms with Crippen LogP contribution in [0.15, 0.2) is 48.5 Å². The van der Waals surface area contributed by atoms with Gasteiger partial charge in [0.25, 0.3) is 0 Å². The summed E-state index contributed by atoms with van der Waals surface area (Å²) in [5, 5.41) is 11.0. The number of rotatable bonds is 2. The number of hydrogen-bond acceptors (Lipinski definition) is 5. The number of fused-ring (bicyclic) bond motifs is 2.